The number of halogens is 1. The lowest BCUT2D eigenvalue weighted by molar-refractivity contribution is -0.142. The zero-order valence-corrected chi connectivity index (χ0v) is 11.3. The van der Waals surface area contributed by atoms with E-state index >= 15 is 0 Å². The van der Waals surface area contributed by atoms with Crippen molar-refractivity contribution in [1.29, 1.82) is 5.26 Å². The van der Waals surface area contributed by atoms with E-state index in [2.05, 4.69) is 15.9 Å². The SMILES string of the molecule is CC(C)OC(=O)/C(C#N)=C\c1ccc(Br)s1. The quantitative estimate of drug-likeness (QED) is 0.488. The lowest BCUT2D eigenvalue weighted by atomic mass is 10.2. The Morgan fingerprint density at radius 2 is 2.31 bits per heavy atom. The number of carbonyl (C=O) groups excluding carboxylic acids is 1. The van der Waals surface area contributed by atoms with Crippen molar-refractivity contribution in [3.8, 4) is 6.07 Å². The highest BCUT2D eigenvalue weighted by Crippen LogP contribution is 2.24. The highest BCUT2D eigenvalue weighted by Gasteiger charge is 2.12. The van der Waals surface area contributed by atoms with E-state index in [0.717, 1.165) is 8.66 Å². The Morgan fingerprint density at radius 3 is 2.75 bits per heavy atom. The summed E-state index contributed by atoms with van der Waals surface area (Å²) in [5.74, 6) is -0.581. The zero-order chi connectivity index (χ0) is 12.1. The molecule has 0 spiro atoms. The second-order valence-corrected chi connectivity index (χ2v) is 5.76. The monoisotopic (exact) mass is 299 g/mol. The van der Waals surface area contributed by atoms with Crippen LogP contribution in [0.1, 0.15) is 18.7 Å². The van der Waals surface area contributed by atoms with E-state index in [0.29, 0.717) is 0 Å². The molecule has 16 heavy (non-hydrogen) atoms. The first kappa shape index (κ1) is 12.9. The van der Waals surface area contributed by atoms with E-state index < -0.39 is 5.97 Å². The van der Waals surface area contributed by atoms with Gasteiger partial charge < -0.3 is 4.74 Å². The first-order chi connectivity index (χ1) is 7.52. The van der Waals surface area contributed by atoms with E-state index in [9.17, 15) is 4.79 Å². The van der Waals surface area contributed by atoms with Crippen LogP contribution in [0.5, 0.6) is 0 Å². The number of ether oxygens (including phenoxy) is 1. The standard InChI is InChI=1S/C11H10BrNO2S/c1-7(2)15-11(14)8(6-13)5-9-3-4-10(12)16-9/h3-5,7H,1-2H3/b8-5-. The molecule has 0 amide bonds. The fourth-order valence-electron chi connectivity index (χ4n) is 0.963. The summed E-state index contributed by atoms with van der Waals surface area (Å²) in [4.78, 5) is 12.3. The molecule has 1 rings (SSSR count). The summed E-state index contributed by atoms with van der Waals surface area (Å²) in [7, 11) is 0. The van der Waals surface area contributed by atoms with Crippen molar-refractivity contribution < 1.29 is 9.53 Å². The zero-order valence-electron chi connectivity index (χ0n) is 8.86. The highest BCUT2D eigenvalue weighted by atomic mass is 79.9. The lowest BCUT2D eigenvalue weighted by Gasteiger charge is -2.05. The summed E-state index contributed by atoms with van der Waals surface area (Å²) in [6.45, 7) is 3.49. The first-order valence-electron chi connectivity index (χ1n) is 4.61. The molecule has 84 valence electrons. The lowest BCUT2D eigenvalue weighted by Crippen LogP contribution is -2.12. The number of hydrogen-bond donors (Lipinski definition) is 0. The van der Waals surface area contributed by atoms with E-state index in [1.54, 1.807) is 13.8 Å². The Labute approximate surface area is 106 Å². The topological polar surface area (TPSA) is 50.1 Å². The molecule has 5 heteroatoms. The Balaban J connectivity index is 2.87. The Kier molecular flexibility index (Phi) is 4.71. The number of carbonyl (C=O) groups is 1. The van der Waals surface area contributed by atoms with Crippen LogP contribution < -0.4 is 0 Å². The maximum Gasteiger partial charge on any atom is 0.349 e. The van der Waals surface area contributed by atoms with Gasteiger partial charge in [0.25, 0.3) is 0 Å². The summed E-state index contributed by atoms with van der Waals surface area (Å²) in [5, 5.41) is 8.85. The second kappa shape index (κ2) is 5.83. The van der Waals surface area contributed by atoms with Crippen molar-refractivity contribution in [2.24, 2.45) is 0 Å². The summed E-state index contributed by atoms with van der Waals surface area (Å²) < 4.78 is 5.90. The average Bonchev–Trinajstić information content (AvgIpc) is 2.59. The van der Waals surface area contributed by atoms with Gasteiger partial charge >= 0.3 is 5.97 Å². The molecule has 1 heterocycles. The molecule has 3 nitrogen and oxygen atoms in total. The van der Waals surface area contributed by atoms with Gasteiger partial charge in [-0.15, -0.1) is 11.3 Å². The Morgan fingerprint density at radius 1 is 1.62 bits per heavy atom. The van der Waals surface area contributed by atoms with E-state index in [1.165, 1.54) is 17.4 Å². The van der Waals surface area contributed by atoms with Crippen LogP contribution in [0.25, 0.3) is 6.08 Å². The molecular formula is C11H10BrNO2S. The second-order valence-electron chi connectivity index (χ2n) is 3.27. The molecule has 1 aromatic heterocycles. The predicted octanol–water partition coefficient (Wildman–Crippen LogP) is 3.37. The predicted molar refractivity (Wildman–Crippen MR) is 66.8 cm³/mol. The molecule has 0 aliphatic carbocycles. The number of thiophene rings is 1. The van der Waals surface area contributed by atoms with Crippen LogP contribution in [0.4, 0.5) is 0 Å². The maximum absolute atomic E-state index is 11.5. The van der Waals surface area contributed by atoms with Gasteiger partial charge in [-0.25, -0.2) is 4.79 Å². The molecule has 1 aromatic rings. The van der Waals surface area contributed by atoms with Crippen molar-refractivity contribution in [3.05, 3.63) is 26.4 Å². The number of esters is 1. The van der Waals surface area contributed by atoms with Gasteiger partial charge in [0.15, 0.2) is 0 Å². The highest BCUT2D eigenvalue weighted by molar-refractivity contribution is 9.11. The maximum atomic E-state index is 11.5. The van der Waals surface area contributed by atoms with Crippen LogP contribution in [-0.4, -0.2) is 12.1 Å². The minimum Gasteiger partial charge on any atom is -0.459 e. The molecule has 0 aliphatic rings. The molecule has 0 radical (unpaired) electrons. The van der Waals surface area contributed by atoms with Crippen LogP contribution in [0.15, 0.2) is 21.5 Å². The fraction of sp³-hybridized carbons (Fsp3) is 0.273. The molecule has 0 saturated carbocycles. The largest absolute Gasteiger partial charge is 0.459 e. The van der Waals surface area contributed by atoms with Gasteiger partial charge in [-0.05, 0) is 48.0 Å². The Bertz CT molecular complexity index is 457. The summed E-state index contributed by atoms with van der Waals surface area (Å²) in [6, 6.07) is 5.53. The smallest absolute Gasteiger partial charge is 0.349 e. The van der Waals surface area contributed by atoms with Crippen molar-refractivity contribution in [2.45, 2.75) is 20.0 Å². The van der Waals surface area contributed by atoms with E-state index in [4.69, 9.17) is 10.00 Å². The number of hydrogen-bond acceptors (Lipinski definition) is 4. The minimum atomic E-state index is -0.581. The van der Waals surface area contributed by atoms with E-state index in [1.807, 2.05) is 18.2 Å². The molecule has 0 unspecified atom stereocenters. The van der Waals surface area contributed by atoms with Gasteiger partial charge in [0.1, 0.15) is 11.6 Å². The third kappa shape index (κ3) is 3.80. The van der Waals surface area contributed by atoms with Gasteiger partial charge in [-0.3, -0.25) is 0 Å². The molecule has 0 aromatic carbocycles. The summed E-state index contributed by atoms with van der Waals surface area (Å²) in [6.07, 6.45) is 1.31. The average molecular weight is 300 g/mol. The number of nitriles is 1. The summed E-state index contributed by atoms with van der Waals surface area (Å²) in [5.41, 5.74) is 0.0167. The van der Waals surface area contributed by atoms with Crippen molar-refractivity contribution in [1.82, 2.24) is 0 Å². The van der Waals surface area contributed by atoms with Gasteiger partial charge in [0.05, 0.1) is 9.89 Å². The van der Waals surface area contributed by atoms with Gasteiger partial charge in [-0.1, -0.05) is 0 Å². The third-order valence-electron chi connectivity index (χ3n) is 1.56. The Hall–Kier alpha value is -1.12. The van der Waals surface area contributed by atoms with Crippen LogP contribution in [-0.2, 0) is 9.53 Å². The van der Waals surface area contributed by atoms with Crippen molar-refractivity contribution in [2.75, 3.05) is 0 Å². The summed E-state index contributed by atoms with van der Waals surface area (Å²) >= 11 is 4.76. The van der Waals surface area contributed by atoms with Gasteiger partial charge in [0.2, 0.25) is 0 Å². The number of nitrogens with zero attached hydrogens (tertiary/aromatic N) is 1. The normalized spacial score (nSPS) is 11.3. The molecule has 0 aliphatic heterocycles. The van der Waals surface area contributed by atoms with Crippen LogP contribution in [0.2, 0.25) is 0 Å². The van der Waals surface area contributed by atoms with E-state index in [-0.39, 0.29) is 11.7 Å². The molecular weight excluding hydrogens is 290 g/mol. The first-order valence-corrected chi connectivity index (χ1v) is 6.22. The molecule has 0 bridgehead atoms. The van der Waals surface area contributed by atoms with Crippen LogP contribution >= 0.6 is 27.3 Å². The van der Waals surface area contributed by atoms with Crippen molar-refractivity contribution in [3.63, 3.8) is 0 Å². The van der Waals surface area contributed by atoms with Crippen LogP contribution in [0, 0.1) is 11.3 Å². The van der Waals surface area contributed by atoms with Crippen molar-refractivity contribution >= 4 is 39.3 Å². The van der Waals surface area contributed by atoms with Crippen LogP contribution in [0.3, 0.4) is 0 Å². The fourth-order valence-corrected chi connectivity index (χ4v) is 2.33. The molecule has 0 atom stereocenters. The molecule has 0 saturated heterocycles. The van der Waals surface area contributed by atoms with Gasteiger partial charge in [0, 0.05) is 4.88 Å². The third-order valence-corrected chi connectivity index (χ3v) is 3.13. The number of rotatable bonds is 3. The van der Waals surface area contributed by atoms with Gasteiger partial charge in [-0.2, -0.15) is 5.26 Å². The molecule has 0 fully saturated rings. The molecule has 0 N–H and O–H groups in total. The minimum absolute atomic E-state index is 0.0167.